The molecule has 1 aromatic rings. The van der Waals surface area contributed by atoms with Gasteiger partial charge in [0.1, 0.15) is 0 Å². The van der Waals surface area contributed by atoms with Crippen LogP contribution in [0.4, 0.5) is 5.69 Å². The highest BCUT2D eigenvalue weighted by molar-refractivity contribution is 5.48. The maximum atomic E-state index is 3.24. The van der Waals surface area contributed by atoms with Crippen LogP contribution in [0, 0.1) is 18.9 Å². The zero-order valence-corrected chi connectivity index (χ0v) is 12.2. The third-order valence-corrected chi connectivity index (χ3v) is 4.76. The molecule has 2 atom stereocenters. The van der Waals surface area contributed by atoms with E-state index >= 15 is 0 Å². The molecule has 2 fully saturated rings. The van der Waals surface area contributed by atoms with Crippen LogP contribution in [0.3, 0.4) is 0 Å². The second-order valence-corrected chi connectivity index (χ2v) is 6.32. The predicted octanol–water partition coefficient (Wildman–Crippen LogP) is 3.11. The topological polar surface area (TPSA) is 6.48 Å². The molecule has 0 bridgehead atoms. The van der Waals surface area contributed by atoms with Gasteiger partial charge in [-0.15, -0.1) is 0 Å². The second kappa shape index (κ2) is 5.54. The van der Waals surface area contributed by atoms with E-state index in [1.807, 2.05) is 0 Å². The van der Waals surface area contributed by atoms with Crippen molar-refractivity contribution >= 4 is 5.69 Å². The Hall–Kier alpha value is -1.02. The molecule has 2 heterocycles. The van der Waals surface area contributed by atoms with Crippen molar-refractivity contribution in [1.29, 1.82) is 0 Å². The summed E-state index contributed by atoms with van der Waals surface area (Å²) in [5.74, 6) is 0.852. The van der Waals surface area contributed by atoms with Crippen molar-refractivity contribution in [2.45, 2.75) is 39.2 Å². The lowest BCUT2D eigenvalue weighted by Crippen LogP contribution is -2.33. The monoisotopic (exact) mass is 257 g/mol. The Morgan fingerprint density at radius 2 is 2.21 bits per heavy atom. The molecule has 1 aromatic carbocycles. The van der Waals surface area contributed by atoms with Crippen LogP contribution in [0.1, 0.15) is 31.7 Å². The Morgan fingerprint density at radius 1 is 1.32 bits per heavy atom. The number of rotatable bonds is 3. The molecule has 0 saturated carbocycles. The van der Waals surface area contributed by atoms with Crippen LogP contribution >= 0.6 is 0 Å². The smallest absolute Gasteiger partial charge is 0.0369 e. The first-order valence-electron chi connectivity index (χ1n) is 7.70. The first-order valence-corrected chi connectivity index (χ1v) is 7.70. The number of hydrogen-bond acceptors (Lipinski definition) is 2. The summed E-state index contributed by atoms with van der Waals surface area (Å²) in [6, 6.07) is 10.6. The molecule has 0 aliphatic carbocycles. The number of anilines is 1. The van der Waals surface area contributed by atoms with E-state index < -0.39 is 0 Å². The highest BCUT2D eigenvalue weighted by atomic mass is 15.2. The molecule has 3 rings (SSSR count). The van der Waals surface area contributed by atoms with E-state index in [-0.39, 0.29) is 0 Å². The summed E-state index contributed by atoms with van der Waals surface area (Å²) in [6.07, 6.45) is 4.14. The van der Waals surface area contributed by atoms with Gasteiger partial charge in [0.15, 0.2) is 0 Å². The van der Waals surface area contributed by atoms with Crippen molar-refractivity contribution in [3.05, 3.63) is 29.8 Å². The zero-order valence-electron chi connectivity index (χ0n) is 12.2. The normalized spacial score (nSPS) is 28.2. The summed E-state index contributed by atoms with van der Waals surface area (Å²) in [4.78, 5) is 5.24. The fourth-order valence-corrected chi connectivity index (χ4v) is 3.58. The summed E-state index contributed by atoms with van der Waals surface area (Å²) in [5.41, 5.74) is 2.63. The van der Waals surface area contributed by atoms with Gasteiger partial charge in [0.25, 0.3) is 0 Å². The van der Waals surface area contributed by atoms with Crippen molar-refractivity contribution in [3.8, 4) is 0 Å². The van der Waals surface area contributed by atoms with Crippen molar-refractivity contribution in [2.75, 3.05) is 31.1 Å². The lowest BCUT2D eigenvalue weighted by Gasteiger charge is -2.25. The van der Waals surface area contributed by atoms with Crippen LogP contribution in [-0.2, 0) is 0 Å². The van der Waals surface area contributed by atoms with E-state index in [4.69, 9.17) is 0 Å². The molecule has 2 saturated heterocycles. The first kappa shape index (κ1) is 13.0. The Balaban J connectivity index is 1.58. The molecule has 0 spiro atoms. The van der Waals surface area contributed by atoms with E-state index in [1.165, 1.54) is 56.7 Å². The molecule has 2 heteroatoms. The molecule has 0 N–H and O–H groups in total. The number of aryl methyl sites for hydroxylation is 1. The maximum absolute atomic E-state index is 3.24. The van der Waals surface area contributed by atoms with E-state index in [0.29, 0.717) is 0 Å². The van der Waals surface area contributed by atoms with Gasteiger partial charge in [-0.3, -0.25) is 0 Å². The zero-order chi connectivity index (χ0) is 13.2. The van der Waals surface area contributed by atoms with Crippen molar-refractivity contribution < 1.29 is 0 Å². The Labute approximate surface area is 117 Å². The molecule has 2 aliphatic rings. The number of nitrogens with zero attached hydrogens (tertiary/aromatic N) is 2. The fourth-order valence-electron chi connectivity index (χ4n) is 3.58. The van der Waals surface area contributed by atoms with E-state index in [0.717, 1.165) is 12.0 Å². The molecule has 19 heavy (non-hydrogen) atoms. The molecular formula is C17H25N2. The Kier molecular flexibility index (Phi) is 3.79. The Bertz CT molecular complexity index is 429. The minimum Gasteiger partial charge on any atom is -0.371 e. The molecule has 2 nitrogen and oxygen atoms in total. The largest absolute Gasteiger partial charge is 0.371 e. The van der Waals surface area contributed by atoms with Crippen LogP contribution in [0.2, 0.25) is 0 Å². The second-order valence-electron chi connectivity index (χ2n) is 6.32. The van der Waals surface area contributed by atoms with E-state index in [2.05, 4.69) is 47.9 Å². The summed E-state index contributed by atoms with van der Waals surface area (Å²) >= 11 is 0. The highest BCUT2D eigenvalue weighted by Crippen LogP contribution is 2.27. The van der Waals surface area contributed by atoms with Crippen molar-refractivity contribution in [2.24, 2.45) is 5.92 Å². The fraction of sp³-hybridized carbons (Fsp3) is 0.647. The van der Waals surface area contributed by atoms with Crippen LogP contribution < -0.4 is 4.90 Å². The third-order valence-electron chi connectivity index (χ3n) is 4.76. The standard InChI is InChI=1S/C17H25N2/c1-14-5-3-7-17(11-14)19-10-8-16(13-19)12-18-9-4-6-15(18)2/h3,7,11,15-16H,4,6,8-10,12-13H2,1-2H3. The number of likely N-dealkylation sites (tertiary alicyclic amines) is 1. The van der Waals surface area contributed by atoms with Gasteiger partial charge in [-0.2, -0.15) is 0 Å². The Morgan fingerprint density at radius 3 is 2.95 bits per heavy atom. The van der Waals surface area contributed by atoms with Gasteiger partial charge in [0.2, 0.25) is 0 Å². The van der Waals surface area contributed by atoms with Gasteiger partial charge in [-0.05, 0) is 69.3 Å². The van der Waals surface area contributed by atoms with Crippen LogP contribution in [0.5, 0.6) is 0 Å². The third kappa shape index (κ3) is 2.94. The first-order chi connectivity index (χ1) is 9.22. The molecule has 0 amide bonds. The summed E-state index contributed by atoms with van der Waals surface area (Å²) < 4.78 is 0. The number of hydrogen-bond donors (Lipinski definition) is 0. The quantitative estimate of drug-likeness (QED) is 0.821. The lowest BCUT2D eigenvalue weighted by molar-refractivity contribution is 0.233. The minimum atomic E-state index is 0.808. The number of benzene rings is 1. The predicted molar refractivity (Wildman–Crippen MR) is 80.6 cm³/mol. The molecule has 0 aromatic heterocycles. The average molecular weight is 257 g/mol. The van der Waals surface area contributed by atoms with Crippen LogP contribution in [-0.4, -0.2) is 37.1 Å². The van der Waals surface area contributed by atoms with Gasteiger partial charge in [-0.25, -0.2) is 0 Å². The lowest BCUT2D eigenvalue weighted by atomic mass is 10.1. The van der Waals surface area contributed by atoms with Gasteiger partial charge in [0.05, 0.1) is 0 Å². The van der Waals surface area contributed by atoms with Crippen molar-refractivity contribution in [3.63, 3.8) is 0 Å². The molecule has 2 unspecified atom stereocenters. The van der Waals surface area contributed by atoms with Crippen molar-refractivity contribution in [1.82, 2.24) is 4.90 Å². The molecule has 1 radical (unpaired) electrons. The van der Waals surface area contributed by atoms with Gasteiger partial charge in [-0.1, -0.05) is 6.07 Å². The SMILES string of the molecule is Cc1[c]ccc(N2CCC(CN3CCCC3C)C2)c1. The average Bonchev–Trinajstić information content (AvgIpc) is 3.00. The van der Waals surface area contributed by atoms with Gasteiger partial charge >= 0.3 is 0 Å². The molecular weight excluding hydrogens is 232 g/mol. The highest BCUT2D eigenvalue weighted by Gasteiger charge is 2.28. The summed E-state index contributed by atoms with van der Waals surface area (Å²) in [7, 11) is 0. The maximum Gasteiger partial charge on any atom is 0.0369 e. The summed E-state index contributed by atoms with van der Waals surface area (Å²) in [5, 5.41) is 0. The molecule has 2 aliphatic heterocycles. The van der Waals surface area contributed by atoms with Crippen LogP contribution in [0.15, 0.2) is 18.2 Å². The minimum absolute atomic E-state index is 0.808. The van der Waals surface area contributed by atoms with Crippen LogP contribution in [0.25, 0.3) is 0 Å². The molecule has 103 valence electrons. The van der Waals surface area contributed by atoms with E-state index in [1.54, 1.807) is 0 Å². The van der Waals surface area contributed by atoms with Gasteiger partial charge < -0.3 is 9.80 Å². The van der Waals surface area contributed by atoms with E-state index in [9.17, 15) is 0 Å². The summed E-state index contributed by atoms with van der Waals surface area (Å²) in [6.45, 7) is 9.58. The van der Waals surface area contributed by atoms with Gasteiger partial charge in [0, 0.05) is 31.4 Å².